The average molecular weight is 326 g/mol. The zero-order valence-corrected chi connectivity index (χ0v) is 12.6. The van der Waals surface area contributed by atoms with Crippen molar-refractivity contribution in [3.63, 3.8) is 0 Å². The number of hydrogen-bond donors (Lipinski definition) is 2. The van der Waals surface area contributed by atoms with Gasteiger partial charge < -0.3 is 5.73 Å². The predicted molar refractivity (Wildman–Crippen MR) is 77.8 cm³/mol. The third kappa shape index (κ3) is 3.75. The number of aryl methyl sites for hydroxylation is 1. The minimum Gasteiger partial charge on any atom is -0.320 e. The van der Waals surface area contributed by atoms with Crippen molar-refractivity contribution >= 4 is 26.5 Å². The van der Waals surface area contributed by atoms with Crippen molar-refractivity contribution in [3.8, 4) is 11.8 Å². The molecule has 0 unspecified atom stereocenters. The molecule has 110 valence electrons. The molecule has 1 heterocycles. The van der Waals surface area contributed by atoms with Crippen LogP contribution in [0.25, 0.3) is 0 Å². The van der Waals surface area contributed by atoms with Gasteiger partial charge in [-0.1, -0.05) is 23.2 Å². The third-order valence-electron chi connectivity index (χ3n) is 2.32. The standard InChI is InChI=1S/C12H11FN4O2S2/c1-8-15-16-12(20-8)17-21(18,19)10-5-4-9(3-2-6-14)11(13)7-10/h4-5,7H,6,14H2,1H3,(H,16,17). The van der Waals surface area contributed by atoms with E-state index in [4.69, 9.17) is 5.73 Å². The Kier molecular flexibility index (Phi) is 4.52. The molecular weight excluding hydrogens is 315 g/mol. The predicted octanol–water partition coefficient (Wildman–Crippen LogP) is 1.10. The molecule has 0 aliphatic carbocycles. The van der Waals surface area contributed by atoms with Crippen molar-refractivity contribution in [3.05, 3.63) is 34.6 Å². The number of rotatable bonds is 3. The molecule has 21 heavy (non-hydrogen) atoms. The van der Waals surface area contributed by atoms with Gasteiger partial charge in [0.15, 0.2) is 0 Å². The van der Waals surface area contributed by atoms with Crippen LogP contribution in [0.1, 0.15) is 10.6 Å². The largest absolute Gasteiger partial charge is 0.320 e. The molecule has 0 aliphatic rings. The fourth-order valence-electron chi connectivity index (χ4n) is 1.42. The zero-order chi connectivity index (χ0) is 15.5. The van der Waals surface area contributed by atoms with E-state index < -0.39 is 15.8 Å². The zero-order valence-electron chi connectivity index (χ0n) is 10.9. The highest BCUT2D eigenvalue weighted by atomic mass is 32.2. The molecule has 2 aromatic rings. The van der Waals surface area contributed by atoms with Gasteiger partial charge in [-0.15, -0.1) is 10.2 Å². The van der Waals surface area contributed by atoms with Crippen molar-refractivity contribution in [1.82, 2.24) is 10.2 Å². The van der Waals surface area contributed by atoms with Gasteiger partial charge in [-0.25, -0.2) is 12.8 Å². The van der Waals surface area contributed by atoms with E-state index in [-0.39, 0.29) is 22.1 Å². The quantitative estimate of drug-likeness (QED) is 0.823. The smallest absolute Gasteiger partial charge is 0.263 e. The van der Waals surface area contributed by atoms with E-state index in [1.807, 2.05) is 0 Å². The topological polar surface area (TPSA) is 98.0 Å². The van der Waals surface area contributed by atoms with Crippen LogP contribution in [0.3, 0.4) is 0 Å². The molecule has 0 radical (unpaired) electrons. The SMILES string of the molecule is Cc1nnc(NS(=O)(=O)c2ccc(C#CCN)c(F)c2)s1. The fourth-order valence-corrected chi connectivity index (χ4v) is 3.26. The number of sulfonamides is 1. The Morgan fingerprint density at radius 1 is 1.43 bits per heavy atom. The summed E-state index contributed by atoms with van der Waals surface area (Å²) >= 11 is 1.09. The molecule has 0 amide bonds. The van der Waals surface area contributed by atoms with Crippen LogP contribution in [0, 0.1) is 24.6 Å². The molecule has 0 atom stereocenters. The van der Waals surface area contributed by atoms with Crippen LogP contribution in [0.4, 0.5) is 9.52 Å². The molecule has 2 rings (SSSR count). The number of anilines is 1. The molecule has 0 bridgehead atoms. The fraction of sp³-hybridized carbons (Fsp3) is 0.167. The first kappa shape index (κ1) is 15.4. The highest BCUT2D eigenvalue weighted by Crippen LogP contribution is 2.20. The number of nitrogens with two attached hydrogens (primary N) is 1. The third-order valence-corrected chi connectivity index (χ3v) is 4.54. The summed E-state index contributed by atoms with van der Waals surface area (Å²) in [6.45, 7) is 1.79. The lowest BCUT2D eigenvalue weighted by molar-refractivity contribution is 0.594. The van der Waals surface area contributed by atoms with Crippen molar-refractivity contribution in [1.29, 1.82) is 0 Å². The second-order valence-electron chi connectivity index (χ2n) is 3.88. The van der Waals surface area contributed by atoms with Crippen LogP contribution in [0.5, 0.6) is 0 Å². The maximum absolute atomic E-state index is 13.8. The van der Waals surface area contributed by atoms with E-state index in [9.17, 15) is 12.8 Å². The number of nitrogens with zero attached hydrogens (tertiary/aromatic N) is 2. The monoisotopic (exact) mass is 326 g/mol. The number of benzene rings is 1. The van der Waals surface area contributed by atoms with Crippen LogP contribution >= 0.6 is 11.3 Å². The second-order valence-corrected chi connectivity index (χ2v) is 6.74. The Labute approximate surface area is 125 Å². The molecule has 1 aromatic heterocycles. The Bertz CT molecular complexity index is 821. The lowest BCUT2D eigenvalue weighted by Crippen LogP contribution is -2.13. The number of halogens is 1. The summed E-state index contributed by atoms with van der Waals surface area (Å²) < 4.78 is 40.2. The minimum absolute atomic E-state index is 0.0890. The van der Waals surface area contributed by atoms with Crippen LogP contribution in [0.15, 0.2) is 23.1 Å². The number of hydrogen-bond acceptors (Lipinski definition) is 6. The van der Waals surface area contributed by atoms with Crippen molar-refractivity contribution in [2.45, 2.75) is 11.8 Å². The Balaban J connectivity index is 2.30. The molecule has 0 fully saturated rings. The normalized spacial score (nSPS) is 10.8. The van der Waals surface area contributed by atoms with E-state index in [1.54, 1.807) is 6.92 Å². The van der Waals surface area contributed by atoms with Crippen LogP contribution < -0.4 is 10.5 Å². The van der Waals surface area contributed by atoms with Crippen molar-refractivity contribution < 1.29 is 12.8 Å². The van der Waals surface area contributed by atoms with Gasteiger partial charge in [-0.2, -0.15) is 0 Å². The highest BCUT2D eigenvalue weighted by molar-refractivity contribution is 7.93. The summed E-state index contributed by atoms with van der Waals surface area (Å²) in [4.78, 5) is -0.217. The maximum Gasteiger partial charge on any atom is 0.263 e. The molecule has 0 spiro atoms. The van der Waals surface area contributed by atoms with Crippen molar-refractivity contribution in [2.24, 2.45) is 5.73 Å². The van der Waals surface area contributed by atoms with Gasteiger partial charge >= 0.3 is 0 Å². The van der Waals surface area contributed by atoms with Gasteiger partial charge in [0.05, 0.1) is 17.0 Å². The molecule has 0 aliphatic heterocycles. The summed E-state index contributed by atoms with van der Waals surface area (Å²) in [6, 6.07) is 3.45. The van der Waals surface area contributed by atoms with Crippen LogP contribution in [0.2, 0.25) is 0 Å². The van der Waals surface area contributed by atoms with Gasteiger partial charge in [0.25, 0.3) is 10.0 Å². The molecule has 3 N–H and O–H groups in total. The van der Waals surface area contributed by atoms with Crippen molar-refractivity contribution in [2.75, 3.05) is 11.3 Å². The number of aromatic nitrogens is 2. The Hall–Kier alpha value is -2.02. The maximum atomic E-state index is 13.8. The molecule has 6 nitrogen and oxygen atoms in total. The first-order valence-electron chi connectivity index (χ1n) is 5.74. The minimum atomic E-state index is -3.91. The lowest BCUT2D eigenvalue weighted by atomic mass is 10.2. The van der Waals surface area contributed by atoms with E-state index in [0.717, 1.165) is 17.4 Å². The first-order chi connectivity index (χ1) is 9.92. The van der Waals surface area contributed by atoms with Gasteiger partial charge in [-0.3, -0.25) is 4.72 Å². The summed E-state index contributed by atoms with van der Waals surface area (Å²) in [5, 5.41) is 8.09. The van der Waals surface area contributed by atoms with E-state index >= 15 is 0 Å². The second kappa shape index (κ2) is 6.17. The van der Waals surface area contributed by atoms with Crippen LogP contribution in [-0.2, 0) is 10.0 Å². The summed E-state index contributed by atoms with van der Waals surface area (Å²) in [6.07, 6.45) is 0. The van der Waals surface area contributed by atoms with Gasteiger partial charge in [0, 0.05) is 0 Å². The van der Waals surface area contributed by atoms with E-state index in [1.165, 1.54) is 12.1 Å². The molecule has 9 heteroatoms. The summed E-state index contributed by atoms with van der Waals surface area (Å²) in [7, 11) is -3.91. The molecule has 0 saturated heterocycles. The summed E-state index contributed by atoms with van der Waals surface area (Å²) in [5.41, 5.74) is 5.29. The average Bonchev–Trinajstić information content (AvgIpc) is 2.82. The van der Waals surface area contributed by atoms with E-state index in [0.29, 0.717) is 5.01 Å². The van der Waals surface area contributed by atoms with Gasteiger partial charge in [0.1, 0.15) is 10.8 Å². The van der Waals surface area contributed by atoms with E-state index in [2.05, 4.69) is 26.8 Å². The lowest BCUT2D eigenvalue weighted by Gasteiger charge is -2.05. The van der Waals surface area contributed by atoms with Crippen LogP contribution in [-0.4, -0.2) is 25.2 Å². The Morgan fingerprint density at radius 3 is 2.76 bits per heavy atom. The Morgan fingerprint density at radius 2 is 2.19 bits per heavy atom. The molecule has 0 saturated carbocycles. The molecular formula is C12H11FN4O2S2. The molecule has 1 aromatic carbocycles. The summed E-state index contributed by atoms with van der Waals surface area (Å²) in [5.74, 6) is 4.29. The first-order valence-corrected chi connectivity index (χ1v) is 8.04. The van der Waals surface area contributed by atoms with Gasteiger partial charge in [0.2, 0.25) is 5.13 Å². The van der Waals surface area contributed by atoms with Gasteiger partial charge in [-0.05, 0) is 25.1 Å². The highest BCUT2D eigenvalue weighted by Gasteiger charge is 2.18. The number of nitrogens with one attached hydrogen (secondary N) is 1.